The highest BCUT2D eigenvalue weighted by molar-refractivity contribution is 7.89. The average molecular weight is 260 g/mol. The summed E-state index contributed by atoms with van der Waals surface area (Å²) in [6.07, 6.45) is 7.61. The highest BCUT2D eigenvalue weighted by Crippen LogP contribution is 2.19. The first-order valence-corrected chi connectivity index (χ1v) is 8.52. The quantitative estimate of drug-likeness (QED) is 0.799. The van der Waals surface area contributed by atoms with Gasteiger partial charge in [-0.1, -0.05) is 19.3 Å². The molecule has 1 aliphatic heterocycles. The minimum Gasteiger partial charge on any atom is -0.317 e. The zero-order valence-electron chi connectivity index (χ0n) is 10.5. The molecule has 0 spiro atoms. The van der Waals surface area contributed by atoms with E-state index in [0.717, 1.165) is 38.8 Å². The summed E-state index contributed by atoms with van der Waals surface area (Å²) in [6, 6.07) is 0.204. The van der Waals surface area contributed by atoms with E-state index in [1.807, 2.05) is 0 Å². The van der Waals surface area contributed by atoms with Crippen molar-refractivity contribution in [1.29, 1.82) is 0 Å². The normalized spacial score (nSPS) is 24.9. The van der Waals surface area contributed by atoms with Crippen molar-refractivity contribution in [2.45, 2.75) is 51.0 Å². The molecule has 0 radical (unpaired) electrons. The standard InChI is InChI=1S/C12H24N2O2S/c15-17(16,10-11-6-8-13-9-7-11)14-12-4-2-1-3-5-12/h11-14H,1-10H2. The van der Waals surface area contributed by atoms with E-state index in [0.29, 0.717) is 11.7 Å². The lowest BCUT2D eigenvalue weighted by atomic mass is 9.96. The van der Waals surface area contributed by atoms with E-state index in [9.17, 15) is 8.42 Å². The van der Waals surface area contributed by atoms with Crippen LogP contribution in [0, 0.1) is 5.92 Å². The molecule has 0 aromatic heterocycles. The number of piperidine rings is 1. The van der Waals surface area contributed by atoms with E-state index in [4.69, 9.17) is 0 Å². The predicted molar refractivity (Wildman–Crippen MR) is 69.4 cm³/mol. The first kappa shape index (κ1) is 13.3. The van der Waals surface area contributed by atoms with Crippen molar-refractivity contribution in [2.75, 3.05) is 18.8 Å². The van der Waals surface area contributed by atoms with E-state index in [2.05, 4.69) is 10.0 Å². The molecule has 0 unspecified atom stereocenters. The number of hydrogen-bond acceptors (Lipinski definition) is 3. The van der Waals surface area contributed by atoms with Gasteiger partial charge in [0, 0.05) is 6.04 Å². The van der Waals surface area contributed by atoms with Gasteiger partial charge in [-0.25, -0.2) is 13.1 Å². The van der Waals surface area contributed by atoms with E-state index in [1.165, 1.54) is 19.3 Å². The van der Waals surface area contributed by atoms with Crippen LogP contribution in [0.5, 0.6) is 0 Å². The second-order valence-corrected chi connectivity index (χ2v) is 7.23. The maximum absolute atomic E-state index is 12.0. The Morgan fingerprint density at radius 3 is 2.29 bits per heavy atom. The second kappa shape index (κ2) is 6.16. The Labute approximate surface area is 105 Å². The number of rotatable bonds is 4. The van der Waals surface area contributed by atoms with Crippen molar-refractivity contribution < 1.29 is 8.42 Å². The van der Waals surface area contributed by atoms with Gasteiger partial charge in [0.15, 0.2) is 0 Å². The lowest BCUT2D eigenvalue weighted by molar-refractivity contribution is 0.389. The topological polar surface area (TPSA) is 58.2 Å². The summed E-state index contributed by atoms with van der Waals surface area (Å²) in [5, 5.41) is 3.27. The molecular weight excluding hydrogens is 236 g/mol. The summed E-state index contributed by atoms with van der Waals surface area (Å²) in [6.45, 7) is 1.92. The van der Waals surface area contributed by atoms with Crippen LogP contribution in [-0.4, -0.2) is 33.3 Å². The molecular formula is C12H24N2O2S. The molecule has 2 aliphatic rings. The molecule has 1 saturated heterocycles. The molecule has 0 atom stereocenters. The van der Waals surface area contributed by atoms with Gasteiger partial charge < -0.3 is 5.32 Å². The highest BCUT2D eigenvalue weighted by atomic mass is 32.2. The molecule has 1 aliphatic carbocycles. The summed E-state index contributed by atoms with van der Waals surface area (Å²) >= 11 is 0. The molecule has 17 heavy (non-hydrogen) atoms. The Bertz CT molecular complexity index is 291. The summed E-state index contributed by atoms with van der Waals surface area (Å²) in [5.41, 5.74) is 0. The molecule has 2 fully saturated rings. The third-order valence-electron chi connectivity index (χ3n) is 3.87. The fourth-order valence-electron chi connectivity index (χ4n) is 2.88. The van der Waals surface area contributed by atoms with Crippen LogP contribution in [0.1, 0.15) is 44.9 Å². The van der Waals surface area contributed by atoms with Crippen molar-refractivity contribution in [1.82, 2.24) is 10.0 Å². The van der Waals surface area contributed by atoms with Gasteiger partial charge in [0.05, 0.1) is 5.75 Å². The first-order valence-electron chi connectivity index (χ1n) is 6.86. The summed E-state index contributed by atoms with van der Waals surface area (Å²) in [7, 11) is -3.06. The molecule has 0 amide bonds. The lowest BCUT2D eigenvalue weighted by Gasteiger charge is -2.26. The van der Waals surface area contributed by atoms with E-state index in [1.54, 1.807) is 0 Å². The Kier molecular flexibility index (Phi) is 4.82. The van der Waals surface area contributed by atoms with Crippen molar-refractivity contribution in [3.8, 4) is 0 Å². The van der Waals surface area contributed by atoms with E-state index < -0.39 is 10.0 Å². The van der Waals surface area contributed by atoms with Gasteiger partial charge in [0.25, 0.3) is 0 Å². The molecule has 2 rings (SSSR count). The van der Waals surface area contributed by atoms with Gasteiger partial charge in [0.2, 0.25) is 10.0 Å². The Morgan fingerprint density at radius 2 is 1.65 bits per heavy atom. The summed E-state index contributed by atoms with van der Waals surface area (Å²) < 4.78 is 27.0. The van der Waals surface area contributed by atoms with Crippen LogP contribution in [0.25, 0.3) is 0 Å². The van der Waals surface area contributed by atoms with Crippen LogP contribution < -0.4 is 10.0 Å². The fraction of sp³-hybridized carbons (Fsp3) is 1.00. The summed E-state index contributed by atoms with van der Waals surface area (Å²) in [4.78, 5) is 0. The van der Waals surface area contributed by atoms with Crippen molar-refractivity contribution in [2.24, 2.45) is 5.92 Å². The minimum absolute atomic E-state index is 0.204. The van der Waals surface area contributed by atoms with Crippen LogP contribution in [0.4, 0.5) is 0 Å². The maximum Gasteiger partial charge on any atom is 0.212 e. The van der Waals surface area contributed by atoms with Gasteiger partial charge in [-0.15, -0.1) is 0 Å². The van der Waals surface area contributed by atoms with Crippen LogP contribution in [0.2, 0.25) is 0 Å². The molecule has 5 heteroatoms. The number of nitrogens with one attached hydrogen (secondary N) is 2. The Hall–Kier alpha value is -0.130. The van der Waals surface area contributed by atoms with Crippen LogP contribution >= 0.6 is 0 Å². The molecule has 1 heterocycles. The number of sulfonamides is 1. The van der Waals surface area contributed by atoms with Gasteiger partial charge >= 0.3 is 0 Å². The summed E-state index contributed by atoms with van der Waals surface area (Å²) in [5.74, 6) is 0.669. The van der Waals surface area contributed by atoms with Crippen molar-refractivity contribution in [3.05, 3.63) is 0 Å². The van der Waals surface area contributed by atoms with Crippen LogP contribution in [0.3, 0.4) is 0 Å². The zero-order chi connectivity index (χ0) is 12.1. The highest BCUT2D eigenvalue weighted by Gasteiger charge is 2.24. The molecule has 4 nitrogen and oxygen atoms in total. The average Bonchev–Trinajstić information content (AvgIpc) is 2.30. The third-order valence-corrected chi connectivity index (χ3v) is 5.47. The largest absolute Gasteiger partial charge is 0.317 e. The van der Waals surface area contributed by atoms with Gasteiger partial charge in [-0.3, -0.25) is 0 Å². The minimum atomic E-state index is -3.06. The van der Waals surface area contributed by atoms with Crippen molar-refractivity contribution in [3.63, 3.8) is 0 Å². The lowest BCUT2D eigenvalue weighted by Crippen LogP contribution is -2.40. The van der Waals surface area contributed by atoms with Gasteiger partial charge in [0.1, 0.15) is 0 Å². The smallest absolute Gasteiger partial charge is 0.212 e. The Morgan fingerprint density at radius 1 is 1.00 bits per heavy atom. The number of hydrogen-bond donors (Lipinski definition) is 2. The zero-order valence-corrected chi connectivity index (χ0v) is 11.3. The van der Waals surface area contributed by atoms with Gasteiger partial charge in [-0.2, -0.15) is 0 Å². The van der Waals surface area contributed by atoms with E-state index in [-0.39, 0.29) is 6.04 Å². The molecule has 1 saturated carbocycles. The second-order valence-electron chi connectivity index (χ2n) is 5.43. The molecule has 0 aromatic carbocycles. The van der Waals surface area contributed by atoms with Crippen LogP contribution in [0.15, 0.2) is 0 Å². The Balaban J connectivity index is 1.80. The van der Waals surface area contributed by atoms with Crippen LogP contribution in [-0.2, 0) is 10.0 Å². The van der Waals surface area contributed by atoms with Crippen molar-refractivity contribution >= 4 is 10.0 Å². The molecule has 100 valence electrons. The molecule has 0 bridgehead atoms. The monoisotopic (exact) mass is 260 g/mol. The molecule has 2 N–H and O–H groups in total. The molecule has 0 aromatic rings. The van der Waals surface area contributed by atoms with E-state index >= 15 is 0 Å². The predicted octanol–water partition coefficient (Wildman–Crippen LogP) is 1.24. The fourth-order valence-corrected chi connectivity index (χ4v) is 4.67. The maximum atomic E-state index is 12.0. The SMILES string of the molecule is O=S(=O)(CC1CCNCC1)NC1CCCCC1. The van der Waals surface area contributed by atoms with Gasteiger partial charge in [-0.05, 0) is 44.7 Å². The first-order chi connectivity index (χ1) is 8.16. The third kappa shape index (κ3) is 4.56.